The van der Waals surface area contributed by atoms with Crippen molar-refractivity contribution in [3.05, 3.63) is 69.5 Å². The monoisotopic (exact) mass is 464 g/mol. The quantitative estimate of drug-likeness (QED) is 0.580. The van der Waals surface area contributed by atoms with Crippen LogP contribution in [0.15, 0.2) is 52.8 Å². The van der Waals surface area contributed by atoms with Crippen molar-refractivity contribution in [2.24, 2.45) is 0 Å². The van der Waals surface area contributed by atoms with Gasteiger partial charge in [-0.25, -0.2) is 4.98 Å². The van der Waals surface area contributed by atoms with E-state index in [4.69, 9.17) is 0 Å². The largest absolute Gasteiger partial charge is 0.417 e. The Labute approximate surface area is 184 Å². The van der Waals surface area contributed by atoms with Gasteiger partial charge in [-0.15, -0.1) is 11.3 Å². The molecule has 3 aromatic rings. The van der Waals surface area contributed by atoms with Crippen LogP contribution >= 0.6 is 11.3 Å². The molecule has 2 heterocycles. The maximum absolute atomic E-state index is 12.8. The van der Waals surface area contributed by atoms with E-state index >= 15 is 0 Å². The maximum Gasteiger partial charge on any atom is 0.417 e. The number of thiazole rings is 1. The van der Waals surface area contributed by atoms with Crippen molar-refractivity contribution in [3.63, 3.8) is 0 Å². The number of hydrogen-bond acceptors (Lipinski definition) is 5. The summed E-state index contributed by atoms with van der Waals surface area (Å²) in [6.45, 7) is 2.73. The SMILES string of the molecule is CC(=O)NC(C)c1ccc(-c2csc(NC(=O)Cn3cc(C(F)(F)F)ccc3=O)n2)cc1. The summed E-state index contributed by atoms with van der Waals surface area (Å²) in [6.07, 6.45) is -4.01. The molecule has 1 atom stereocenters. The lowest BCUT2D eigenvalue weighted by Crippen LogP contribution is -2.28. The van der Waals surface area contributed by atoms with Gasteiger partial charge < -0.3 is 15.2 Å². The second-order valence-electron chi connectivity index (χ2n) is 7.01. The van der Waals surface area contributed by atoms with Crippen molar-refractivity contribution in [1.29, 1.82) is 0 Å². The summed E-state index contributed by atoms with van der Waals surface area (Å²) in [5, 5.41) is 7.26. The summed E-state index contributed by atoms with van der Waals surface area (Å²) >= 11 is 1.15. The molecule has 7 nitrogen and oxygen atoms in total. The summed E-state index contributed by atoms with van der Waals surface area (Å²) in [5.74, 6) is -0.805. The molecular weight excluding hydrogens is 445 g/mol. The minimum Gasteiger partial charge on any atom is -0.350 e. The molecule has 3 rings (SSSR count). The molecule has 0 bridgehead atoms. The van der Waals surface area contributed by atoms with Crippen molar-refractivity contribution in [3.8, 4) is 11.3 Å². The van der Waals surface area contributed by atoms with Gasteiger partial charge >= 0.3 is 6.18 Å². The Kier molecular flexibility index (Phi) is 6.78. The van der Waals surface area contributed by atoms with Crippen LogP contribution < -0.4 is 16.2 Å². The van der Waals surface area contributed by atoms with Gasteiger partial charge in [0.05, 0.1) is 17.3 Å². The number of anilines is 1. The first kappa shape index (κ1) is 23.2. The lowest BCUT2D eigenvalue weighted by molar-refractivity contribution is -0.138. The lowest BCUT2D eigenvalue weighted by atomic mass is 10.1. The topological polar surface area (TPSA) is 93.1 Å². The first-order chi connectivity index (χ1) is 15.0. The van der Waals surface area contributed by atoms with Gasteiger partial charge in [0, 0.05) is 30.1 Å². The van der Waals surface area contributed by atoms with Crippen LogP contribution in [0.1, 0.15) is 31.0 Å². The lowest BCUT2D eigenvalue weighted by Gasteiger charge is -2.13. The smallest absolute Gasteiger partial charge is 0.350 e. The zero-order valence-corrected chi connectivity index (χ0v) is 17.9. The Morgan fingerprint density at radius 2 is 1.84 bits per heavy atom. The molecule has 2 amide bonds. The number of alkyl halides is 3. The van der Waals surface area contributed by atoms with E-state index in [9.17, 15) is 27.6 Å². The summed E-state index contributed by atoms with van der Waals surface area (Å²) in [5.41, 5.74) is 0.563. The van der Waals surface area contributed by atoms with Crippen LogP contribution in [0.3, 0.4) is 0 Å². The molecule has 0 aliphatic carbocycles. The van der Waals surface area contributed by atoms with Crippen LogP contribution in [0.5, 0.6) is 0 Å². The maximum atomic E-state index is 12.8. The van der Waals surface area contributed by atoms with Gasteiger partial charge in [0.1, 0.15) is 6.54 Å². The van der Waals surface area contributed by atoms with Crippen LogP contribution in [0.4, 0.5) is 18.3 Å². The molecule has 0 aliphatic heterocycles. The van der Waals surface area contributed by atoms with Crippen molar-refractivity contribution < 1.29 is 22.8 Å². The van der Waals surface area contributed by atoms with Crippen LogP contribution in [0.25, 0.3) is 11.3 Å². The number of aromatic nitrogens is 2. The van der Waals surface area contributed by atoms with Crippen LogP contribution in [-0.2, 0) is 22.3 Å². The molecule has 0 fully saturated rings. The molecule has 11 heteroatoms. The highest BCUT2D eigenvalue weighted by molar-refractivity contribution is 7.14. The molecule has 0 spiro atoms. The number of pyridine rings is 1. The van der Waals surface area contributed by atoms with Gasteiger partial charge in [0.25, 0.3) is 5.56 Å². The number of carbonyl (C=O) groups is 2. The van der Waals surface area contributed by atoms with Gasteiger partial charge in [-0.2, -0.15) is 13.2 Å². The number of rotatable bonds is 6. The first-order valence-electron chi connectivity index (χ1n) is 9.43. The summed E-state index contributed by atoms with van der Waals surface area (Å²) in [7, 11) is 0. The minimum absolute atomic E-state index is 0.131. The molecule has 0 saturated heterocycles. The fraction of sp³-hybridized carbons (Fsp3) is 0.238. The molecule has 0 saturated carbocycles. The number of carbonyl (C=O) groups excluding carboxylic acids is 2. The third kappa shape index (κ3) is 5.82. The Morgan fingerprint density at radius 3 is 2.47 bits per heavy atom. The van der Waals surface area contributed by atoms with E-state index in [1.165, 1.54) is 6.92 Å². The fourth-order valence-corrected chi connectivity index (χ4v) is 3.67. The number of amides is 2. The number of halogens is 3. The van der Waals surface area contributed by atoms with Crippen molar-refractivity contribution in [1.82, 2.24) is 14.9 Å². The summed E-state index contributed by atoms with van der Waals surface area (Å²) in [6, 6.07) is 8.67. The normalized spacial score (nSPS) is 12.3. The Bertz CT molecular complexity index is 1190. The molecule has 0 radical (unpaired) electrons. The van der Waals surface area contributed by atoms with Crippen molar-refractivity contribution in [2.45, 2.75) is 32.6 Å². The van der Waals surface area contributed by atoms with E-state index in [1.54, 1.807) is 5.38 Å². The van der Waals surface area contributed by atoms with E-state index in [0.29, 0.717) is 22.5 Å². The second kappa shape index (κ2) is 9.35. The van der Waals surface area contributed by atoms with Crippen LogP contribution in [0.2, 0.25) is 0 Å². The van der Waals surface area contributed by atoms with Gasteiger partial charge in [-0.05, 0) is 18.6 Å². The average Bonchev–Trinajstić information content (AvgIpc) is 3.16. The number of nitrogens with one attached hydrogen (secondary N) is 2. The van der Waals surface area contributed by atoms with Crippen LogP contribution in [0, 0.1) is 0 Å². The highest BCUT2D eigenvalue weighted by atomic mass is 32.1. The number of nitrogens with zero attached hydrogens (tertiary/aromatic N) is 2. The molecule has 2 N–H and O–H groups in total. The van der Waals surface area contributed by atoms with E-state index in [1.807, 2.05) is 31.2 Å². The van der Waals surface area contributed by atoms with E-state index in [0.717, 1.165) is 28.5 Å². The summed E-state index contributed by atoms with van der Waals surface area (Å²) in [4.78, 5) is 39.5. The molecule has 32 heavy (non-hydrogen) atoms. The Balaban J connectivity index is 1.67. The summed E-state index contributed by atoms with van der Waals surface area (Å²) < 4.78 is 39.2. The van der Waals surface area contributed by atoms with Gasteiger partial charge in [0.15, 0.2) is 5.13 Å². The van der Waals surface area contributed by atoms with Gasteiger partial charge in [-0.3, -0.25) is 14.4 Å². The molecule has 2 aromatic heterocycles. The Hall–Kier alpha value is -3.47. The molecule has 168 valence electrons. The highest BCUT2D eigenvalue weighted by Gasteiger charge is 2.31. The van der Waals surface area contributed by atoms with Crippen molar-refractivity contribution >= 4 is 28.3 Å². The van der Waals surface area contributed by atoms with Gasteiger partial charge in [0.2, 0.25) is 11.8 Å². The molecule has 1 aromatic carbocycles. The third-order valence-corrected chi connectivity index (χ3v) is 5.26. The fourth-order valence-electron chi connectivity index (χ4n) is 2.93. The van der Waals surface area contributed by atoms with E-state index in [-0.39, 0.29) is 17.1 Å². The van der Waals surface area contributed by atoms with Crippen molar-refractivity contribution in [2.75, 3.05) is 5.32 Å². The third-order valence-electron chi connectivity index (χ3n) is 4.50. The molecule has 0 aliphatic rings. The zero-order chi connectivity index (χ0) is 23.5. The van der Waals surface area contributed by atoms with E-state index in [2.05, 4.69) is 15.6 Å². The predicted octanol–water partition coefficient (Wildman–Crippen LogP) is 3.83. The van der Waals surface area contributed by atoms with Gasteiger partial charge in [-0.1, -0.05) is 24.3 Å². The highest BCUT2D eigenvalue weighted by Crippen LogP contribution is 2.28. The average molecular weight is 464 g/mol. The molecule has 1 unspecified atom stereocenters. The number of benzene rings is 1. The van der Waals surface area contributed by atoms with Crippen LogP contribution in [-0.4, -0.2) is 21.4 Å². The standard InChI is InChI=1S/C21H19F3N4O3S/c1-12(25-13(2)29)14-3-5-15(6-4-14)17-11-32-20(26-17)27-18(30)10-28-9-16(21(22,23)24)7-8-19(28)31/h3-9,11-12H,10H2,1-2H3,(H,25,29)(H,26,27,30). The number of hydrogen-bond donors (Lipinski definition) is 2. The van der Waals surface area contributed by atoms with E-state index < -0.39 is 29.8 Å². The zero-order valence-electron chi connectivity index (χ0n) is 17.1. The minimum atomic E-state index is -4.62. The molecular formula is C21H19F3N4O3S. The Morgan fingerprint density at radius 1 is 1.16 bits per heavy atom. The second-order valence-corrected chi connectivity index (χ2v) is 7.87. The predicted molar refractivity (Wildman–Crippen MR) is 114 cm³/mol. The first-order valence-corrected chi connectivity index (χ1v) is 10.3.